The molecule has 0 unspecified atom stereocenters. The third-order valence-corrected chi connectivity index (χ3v) is 0.867. The number of hydrogen-bond donors (Lipinski definition) is 3. The van der Waals surface area contributed by atoms with Gasteiger partial charge in [-0.3, -0.25) is 4.98 Å². The van der Waals surface area contributed by atoms with E-state index in [2.05, 4.69) is 4.98 Å². The van der Waals surface area contributed by atoms with Gasteiger partial charge in [0.25, 0.3) is 0 Å². The van der Waals surface area contributed by atoms with Crippen LogP contribution in [0.1, 0.15) is 0 Å². The number of rotatable bonds is 0. The van der Waals surface area contributed by atoms with E-state index in [1.165, 1.54) is 0 Å². The quantitative estimate of drug-likeness (QED) is 0.299. The largest absolute Gasteiger partial charge is 1.00 e. The molecule has 0 amide bonds. The van der Waals surface area contributed by atoms with E-state index in [0.29, 0.717) is 0 Å². The molecule has 1 aromatic heterocycles. The fourth-order valence-electron chi connectivity index (χ4n) is 0.364. The van der Waals surface area contributed by atoms with Gasteiger partial charge in [-0.15, -0.1) is 0 Å². The maximum absolute atomic E-state index is 9.10. The van der Waals surface area contributed by atoms with Gasteiger partial charge < -0.3 is 22.6 Å². The first kappa shape index (κ1) is 14.0. The maximum Gasteiger partial charge on any atom is 0.414 e. The van der Waals surface area contributed by atoms with Gasteiger partial charge in [0.2, 0.25) is 6.33 Å². The molecule has 0 fully saturated rings. The number of nitrogens with one attached hydrogen (secondary N) is 1. The molecule has 0 saturated carbocycles. The topological polar surface area (TPSA) is 94.3 Å². The van der Waals surface area contributed by atoms with Crippen LogP contribution >= 0.6 is 0 Å². The number of aryl methyl sites for hydroxylation is 1. The standard InChI is InChI=1S/C4H6N2.C2H2O4.ClH/c1-6-3-2-5-4-6;3-1(4)2(5)6;/h2-4H,1H3;(H,3,4)(H,5,6);1H. The minimum Gasteiger partial charge on any atom is -1.00 e. The monoisotopic (exact) mass is 208 g/mol. The smallest absolute Gasteiger partial charge is 0.414 e. The summed E-state index contributed by atoms with van der Waals surface area (Å²) in [5.74, 6) is -3.65. The lowest BCUT2D eigenvalue weighted by molar-refractivity contribution is -0.670. The van der Waals surface area contributed by atoms with E-state index in [1.807, 2.05) is 30.3 Å². The van der Waals surface area contributed by atoms with Crippen molar-refractivity contribution in [1.82, 2.24) is 4.98 Å². The van der Waals surface area contributed by atoms with E-state index in [4.69, 9.17) is 19.8 Å². The van der Waals surface area contributed by atoms with Gasteiger partial charge in [0, 0.05) is 0 Å². The maximum atomic E-state index is 9.10. The SMILES string of the molecule is C[n+]1cc[nH]c1.O=C(O)C(=O)O.[Cl-]. The number of aromatic nitrogens is 2. The van der Waals surface area contributed by atoms with E-state index < -0.39 is 11.9 Å². The molecule has 0 saturated heterocycles. The normalized spacial score (nSPS) is 7.46. The molecule has 0 aliphatic heterocycles. The Morgan fingerprint density at radius 3 is 1.85 bits per heavy atom. The first-order chi connectivity index (χ1) is 5.54. The number of H-pyrrole nitrogens is 1. The van der Waals surface area contributed by atoms with Crippen LogP contribution in [0.25, 0.3) is 0 Å². The molecule has 7 heteroatoms. The molecule has 1 heterocycles. The highest BCUT2D eigenvalue weighted by atomic mass is 35.5. The molecule has 3 N–H and O–H groups in total. The van der Waals surface area contributed by atoms with Gasteiger partial charge in [0.05, 0.1) is 7.05 Å². The summed E-state index contributed by atoms with van der Waals surface area (Å²) in [6.07, 6.45) is 5.69. The molecule has 6 nitrogen and oxygen atoms in total. The second-order valence-electron chi connectivity index (χ2n) is 1.89. The van der Waals surface area contributed by atoms with Crippen molar-refractivity contribution in [3.63, 3.8) is 0 Å². The lowest BCUT2D eigenvalue weighted by atomic mass is 10.7. The molecule has 0 spiro atoms. The highest BCUT2D eigenvalue weighted by Gasteiger charge is 2.04. The number of nitrogens with zero attached hydrogens (tertiary/aromatic N) is 1. The number of aliphatic carboxylic acids is 2. The zero-order valence-corrected chi connectivity index (χ0v) is 7.52. The number of hydrogen-bond acceptors (Lipinski definition) is 2. The first-order valence-electron chi connectivity index (χ1n) is 2.98. The van der Waals surface area contributed by atoms with Crippen molar-refractivity contribution in [2.75, 3.05) is 0 Å². The Morgan fingerprint density at radius 2 is 1.77 bits per heavy atom. The molecular weight excluding hydrogens is 200 g/mol. The fraction of sp³-hybridized carbons (Fsp3) is 0.167. The van der Waals surface area contributed by atoms with Gasteiger partial charge in [-0.2, -0.15) is 0 Å². The number of halogens is 1. The molecular formula is C6H9ClN2O4. The van der Waals surface area contributed by atoms with Crippen molar-refractivity contribution in [1.29, 1.82) is 0 Å². The average Bonchev–Trinajstić information content (AvgIpc) is 2.40. The van der Waals surface area contributed by atoms with Crippen LogP contribution in [-0.4, -0.2) is 27.1 Å². The predicted molar refractivity (Wildman–Crippen MR) is 37.2 cm³/mol. The fourth-order valence-corrected chi connectivity index (χ4v) is 0.364. The number of aromatic amines is 1. The molecule has 1 rings (SSSR count). The van der Waals surface area contributed by atoms with Gasteiger partial charge in [-0.05, 0) is 0 Å². The first-order valence-corrected chi connectivity index (χ1v) is 2.98. The predicted octanol–water partition coefficient (Wildman–Crippen LogP) is -4.00. The Morgan fingerprint density at radius 1 is 1.31 bits per heavy atom. The molecule has 13 heavy (non-hydrogen) atoms. The Labute approximate surface area is 80.2 Å². The van der Waals surface area contributed by atoms with E-state index in [-0.39, 0.29) is 12.4 Å². The van der Waals surface area contributed by atoms with E-state index in [9.17, 15) is 0 Å². The Hall–Kier alpha value is -1.56. The van der Waals surface area contributed by atoms with Gasteiger partial charge in [0.15, 0.2) is 0 Å². The van der Waals surface area contributed by atoms with Crippen LogP contribution in [0.15, 0.2) is 18.7 Å². The highest BCUT2D eigenvalue weighted by molar-refractivity contribution is 6.27. The molecule has 0 aromatic carbocycles. The third-order valence-electron chi connectivity index (χ3n) is 0.867. The molecule has 0 atom stereocenters. The number of carboxylic acid groups (broad SMARTS) is 2. The van der Waals surface area contributed by atoms with Crippen molar-refractivity contribution in [2.45, 2.75) is 0 Å². The van der Waals surface area contributed by atoms with Crippen LogP contribution in [0.3, 0.4) is 0 Å². The summed E-state index contributed by atoms with van der Waals surface area (Å²) in [6, 6.07) is 0. The lowest BCUT2D eigenvalue weighted by Crippen LogP contribution is -3.00. The van der Waals surface area contributed by atoms with Crippen molar-refractivity contribution >= 4 is 11.9 Å². The van der Waals surface area contributed by atoms with Crippen LogP contribution in [0.2, 0.25) is 0 Å². The average molecular weight is 209 g/mol. The number of carboxylic acids is 2. The summed E-state index contributed by atoms with van der Waals surface area (Å²) in [5.41, 5.74) is 0. The molecule has 0 radical (unpaired) electrons. The minimum atomic E-state index is -1.82. The molecule has 1 aromatic rings. The van der Waals surface area contributed by atoms with E-state index in [0.717, 1.165) is 0 Å². The summed E-state index contributed by atoms with van der Waals surface area (Å²) in [4.78, 5) is 21.1. The van der Waals surface area contributed by atoms with Gasteiger partial charge in [-0.1, -0.05) is 0 Å². The van der Waals surface area contributed by atoms with Crippen molar-refractivity contribution < 1.29 is 36.8 Å². The number of carbonyl (C=O) groups is 2. The van der Waals surface area contributed by atoms with Crippen molar-refractivity contribution in [3.8, 4) is 0 Å². The Kier molecular flexibility index (Phi) is 7.65. The van der Waals surface area contributed by atoms with Crippen LogP contribution < -0.4 is 17.0 Å². The van der Waals surface area contributed by atoms with Crippen LogP contribution in [-0.2, 0) is 16.6 Å². The zero-order chi connectivity index (χ0) is 9.56. The zero-order valence-electron chi connectivity index (χ0n) is 6.77. The van der Waals surface area contributed by atoms with E-state index in [1.54, 1.807) is 0 Å². The Balaban J connectivity index is 0. The van der Waals surface area contributed by atoms with Gasteiger partial charge in [-0.25, -0.2) is 14.2 Å². The second-order valence-corrected chi connectivity index (χ2v) is 1.89. The second kappa shape index (κ2) is 7.11. The summed E-state index contributed by atoms with van der Waals surface area (Å²) in [7, 11) is 1.97. The molecule has 74 valence electrons. The van der Waals surface area contributed by atoms with Crippen LogP contribution in [0.4, 0.5) is 0 Å². The Bertz CT molecular complexity index is 248. The lowest BCUT2D eigenvalue weighted by Gasteiger charge is -1.72. The summed E-state index contributed by atoms with van der Waals surface area (Å²) < 4.78 is 1.94. The molecule has 0 aliphatic rings. The van der Waals surface area contributed by atoms with Crippen molar-refractivity contribution in [3.05, 3.63) is 18.7 Å². The highest BCUT2D eigenvalue weighted by Crippen LogP contribution is 1.59. The summed E-state index contributed by atoms with van der Waals surface area (Å²) in [5, 5.41) is 14.8. The third kappa shape index (κ3) is 8.35. The molecule has 0 aliphatic carbocycles. The van der Waals surface area contributed by atoms with Crippen LogP contribution in [0.5, 0.6) is 0 Å². The van der Waals surface area contributed by atoms with Gasteiger partial charge >= 0.3 is 11.9 Å². The van der Waals surface area contributed by atoms with Crippen LogP contribution in [0, 0.1) is 0 Å². The minimum absolute atomic E-state index is 0. The van der Waals surface area contributed by atoms with Crippen molar-refractivity contribution in [2.24, 2.45) is 7.05 Å². The molecule has 0 bridgehead atoms. The van der Waals surface area contributed by atoms with Gasteiger partial charge in [0.1, 0.15) is 12.4 Å². The summed E-state index contributed by atoms with van der Waals surface area (Å²) in [6.45, 7) is 0. The van der Waals surface area contributed by atoms with E-state index >= 15 is 0 Å². The number of imidazole rings is 1. The summed E-state index contributed by atoms with van der Waals surface area (Å²) >= 11 is 0.